The molecule has 1 atom stereocenters. The molecule has 1 heterocycles. The molecule has 0 amide bonds. The standard InChI is InChI=1S/C16H31N3O/c1-4-6-7-8-9-10-11-12-15-18-19-16(20-15)14(3)17-13-5-2/h14,17H,4-13H2,1-3H3. The van der Waals surface area contributed by atoms with E-state index in [1.54, 1.807) is 0 Å². The van der Waals surface area contributed by atoms with Crippen molar-refractivity contribution < 1.29 is 4.42 Å². The zero-order chi connectivity index (χ0) is 14.6. The summed E-state index contributed by atoms with van der Waals surface area (Å²) in [7, 11) is 0. The number of rotatable bonds is 12. The second-order valence-electron chi connectivity index (χ2n) is 5.58. The van der Waals surface area contributed by atoms with Crippen LogP contribution in [-0.4, -0.2) is 16.7 Å². The van der Waals surface area contributed by atoms with Crippen LogP contribution in [0.3, 0.4) is 0 Å². The van der Waals surface area contributed by atoms with Gasteiger partial charge in [0.05, 0.1) is 6.04 Å². The topological polar surface area (TPSA) is 51.0 Å². The van der Waals surface area contributed by atoms with Crippen molar-refractivity contribution in [1.82, 2.24) is 15.5 Å². The quantitative estimate of drug-likeness (QED) is 0.576. The first-order valence-electron chi connectivity index (χ1n) is 8.33. The van der Waals surface area contributed by atoms with E-state index in [2.05, 4.69) is 36.3 Å². The van der Waals surface area contributed by atoms with Gasteiger partial charge in [-0.05, 0) is 26.3 Å². The van der Waals surface area contributed by atoms with Gasteiger partial charge in [-0.3, -0.25) is 0 Å². The number of hydrogen-bond acceptors (Lipinski definition) is 4. The Morgan fingerprint density at radius 1 is 0.950 bits per heavy atom. The number of aromatic nitrogens is 2. The molecule has 0 saturated heterocycles. The average molecular weight is 281 g/mol. The summed E-state index contributed by atoms with van der Waals surface area (Å²) in [6.07, 6.45) is 11.2. The third kappa shape index (κ3) is 7.04. The minimum absolute atomic E-state index is 0.158. The molecule has 116 valence electrons. The van der Waals surface area contributed by atoms with Gasteiger partial charge < -0.3 is 9.73 Å². The maximum absolute atomic E-state index is 5.70. The lowest BCUT2D eigenvalue weighted by Crippen LogP contribution is -2.19. The average Bonchev–Trinajstić information content (AvgIpc) is 2.92. The molecule has 0 spiro atoms. The van der Waals surface area contributed by atoms with Crippen molar-refractivity contribution in [2.24, 2.45) is 0 Å². The minimum atomic E-state index is 0.158. The zero-order valence-corrected chi connectivity index (χ0v) is 13.5. The van der Waals surface area contributed by atoms with Gasteiger partial charge in [0, 0.05) is 6.42 Å². The zero-order valence-electron chi connectivity index (χ0n) is 13.5. The van der Waals surface area contributed by atoms with Gasteiger partial charge in [0.1, 0.15) is 0 Å². The van der Waals surface area contributed by atoms with E-state index in [1.165, 1.54) is 38.5 Å². The van der Waals surface area contributed by atoms with E-state index in [9.17, 15) is 0 Å². The predicted octanol–water partition coefficient (Wildman–Crippen LogP) is 4.42. The van der Waals surface area contributed by atoms with Crippen LogP contribution in [0.2, 0.25) is 0 Å². The molecular weight excluding hydrogens is 250 g/mol. The molecular formula is C16H31N3O. The van der Waals surface area contributed by atoms with Gasteiger partial charge in [-0.2, -0.15) is 0 Å². The summed E-state index contributed by atoms with van der Waals surface area (Å²) in [4.78, 5) is 0. The molecule has 0 saturated carbocycles. The van der Waals surface area contributed by atoms with E-state index >= 15 is 0 Å². The molecule has 0 radical (unpaired) electrons. The Balaban J connectivity index is 2.13. The molecule has 0 aliphatic heterocycles. The summed E-state index contributed by atoms with van der Waals surface area (Å²) in [5.41, 5.74) is 0. The van der Waals surface area contributed by atoms with E-state index < -0.39 is 0 Å². The van der Waals surface area contributed by atoms with Crippen molar-refractivity contribution in [3.8, 4) is 0 Å². The van der Waals surface area contributed by atoms with Crippen LogP contribution in [-0.2, 0) is 6.42 Å². The van der Waals surface area contributed by atoms with Crippen LogP contribution in [0.25, 0.3) is 0 Å². The first-order chi connectivity index (χ1) is 9.77. The summed E-state index contributed by atoms with van der Waals surface area (Å²) in [6.45, 7) is 7.46. The number of nitrogens with zero attached hydrogens (tertiary/aromatic N) is 2. The Hall–Kier alpha value is -0.900. The van der Waals surface area contributed by atoms with Gasteiger partial charge in [0.15, 0.2) is 0 Å². The van der Waals surface area contributed by atoms with Crippen molar-refractivity contribution in [2.45, 2.75) is 84.6 Å². The highest BCUT2D eigenvalue weighted by molar-refractivity contribution is 4.88. The van der Waals surface area contributed by atoms with Gasteiger partial charge in [0.2, 0.25) is 11.8 Å². The highest BCUT2D eigenvalue weighted by Gasteiger charge is 2.12. The van der Waals surface area contributed by atoms with Gasteiger partial charge >= 0.3 is 0 Å². The molecule has 20 heavy (non-hydrogen) atoms. The van der Waals surface area contributed by atoms with E-state index in [0.717, 1.165) is 37.6 Å². The molecule has 1 rings (SSSR count). The number of hydrogen-bond donors (Lipinski definition) is 1. The van der Waals surface area contributed by atoms with Crippen LogP contribution >= 0.6 is 0 Å². The molecule has 0 aromatic carbocycles. The molecule has 4 heteroatoms. The SMILES string of the molecule is CCCCCCCCCc1nnc(C(C)NCCC)o1. The molecule has 0 aliphatic carbocycles. The van der Waals surface area contributed by atoms with E-state index in [4.69, 9.17) is 4.42 Å². The predicted molar refractivity (Wildman–Crippen MR) is 82.7 cm³/mol. The summed E-state index contributed by atoms with van der Waals surface area (Å²) < 4.78 is 5.70. The number of unbranched alkanes of at least 4 members (excludes halogenated alkanes) is 6. The largest absolute Gasteiger partial charge is 0.424 e. The monoisotopic (exact) mass is 281 g/mol. The first-order valence-corrected chi connectivity index (χ1v) is 8.33. The molecule has 0 aliphatic rings. The summed E-state index contributed by atoms with van der Waals surface area (Å²) in [5.74, 6) is 1.51. The lowest BCUT2D eigenvalue weighted by Gasteiger charge is -2.07. The van der Waals surface area contributed by atoms with Crippen LogP contribution in [0.1, 0.15) is 90.0 Å². The van der Waals surface area contributed by atoms with Crippen molar-refractivity contribution >= 4 is 0 Å². The molecule has 1 N–H and O–H groups in total. The molecule has 4 nitrogen and oxygen atoms in total. The van der Waals surface area contributed by atoms with Gasteiger partial charge in [-0.15, -0.1) is 10.2 Å². The Labute approximate surface area is 123 Å². The number of aryl methyl sites for hydroxylation is 1. The number of nitrogens with one attached hydrogen (secondary N) is 1. The summed E-state index contributed by atoms with van der Waals surface area (Å²) >= 11 is 0. The fourth-order valence-corrected chi connectivity index (χ4v) is 2.22. The van der Waals surface area contributed by atoms with Crippen LogP contribution in [0.4, 0.5) is 0 Å². The van der Waals surface area contributed by atoms with E-state index in [1.807, 2.05) is 0 Å². The Bertz CT molecular complexity index is 338. The molecule has 1 aromatic heterocycles. The summed E-state index contributed by atoms with van der Waals surface area (Å²) in [5, 5.41) is 11.6. The first kappa shape index (κ1) is 17.2. The van der Waals surface area contributed by atoms with Crippen molar-refractivity contribution in [3.63, 3.8) is 0 Å². The summed E-state index contributed by atoms with van der Waals surface area (Å²) in [6, 6.07) is 0.158. The molecule has 1 aromatic rings. The van der Waals surface area contributed by atoms with Gasteiger partial charge in [0.25, 0.3) is 0 Å². The normalized spacial score (nSPS) is 12.8. The van der Waals surface area contributed by atoms with Crippen LogP contribution in [0.15, 0.2) is 4.42 Å². The van der Waals surface area contributed by atoms with Crippen molar-refractivity contribution in [2.75, 3.05) is 6.54 Å². The minimum Gasteiger partial charge on any atom is -0.424 e. The third-order valence-electron chi connectivity index (χ3n) is 3.55. The van der Waals surface area contributed by atoms with Crippen LogP contribution < -0.4 is 5.32 Å². The lowest BCUT2D eigenvalue weighted by molar-refractivity contribution is 0.389. The third-order valence-corrected chi connectivity index (χ3v) is 3.55. The van der Waals surface area contributed by atoms with Gasteiger partial charge in [-0.1, -0.05) is 52.4 Å². The van der Waals surface area contributed by atoms with Crippen LogP contribution in [0, 0.1) is 0 Å². The lowest BCUT2D eigenvalue weighted by atomic mass is 10.1. The van der Waals surface area contributed by atoms with E-state index in [-0.39, 0.29) is 6.04 Å². The van der Waals surface area contributed by atoms with Crippen LogP contribution in [0.5, 0.6) is 0 Å². The second kappa shape index (κ2) is 10.8. The molecule has 0 fully saturated rings. The van der Waals surface area contributed by atoms with Crippen molar-refractivity contribution in [3.05, 3.63) is 11.8 Å². The van der Waals surface area contributed by atoms with E-state index in [0.29, 0.717) is 0 Å². The fraction of sp³-hybridized carbons (Fsp3) is 0.875. The van der Waals surface area contributed by atoms with Crippen molar-refractivity contribution in [1.29, 1.82) is 0 Å². The highest BCUT2D eigenvalue weighted by Crippen LogP contribution is 2.13. The molecule has 0 bridgehead atoms. The Kier molecular flexibility index (Phi) is 9.29. The Morgan fingerprint density at radius 3 is 2.35 bits per heavy atom. The smallest absolute Gasteiger partial charge is 0.233 e. The maximum atomic E-state index is 5.70. The fourth-order valence-electron chi connectivity index (χ4n) is 2.22. The molecule has 1 unspecified atom stereocenters. The second-order valence-corrected chi connectivity index (χ2v) is 5.58. The maximum Gasteiger partial charge on any atom is 0.233 e. The Morgan fingerprint density at radius 2 is 1.65 bits per heavy atom. The highest BCUT2D eigenvalue weighted by atomic mass is 16.4. The van der Waals surface area contributed by atoms with Gasteiger partial charge in [-0.25, -0.2) is 0 Å².